The van der Waals surface area contributed by atoms with Gasteiger partial charge >= 0.3 is 12.1 Å². The van der Waals surface area contributed by atoms with Gasteiger partial charge in [0.25, 0.3) is 0 Å². The third-order valence-electron chi connectivity index (χ3n) is 3.29. The molecule has 0 aliphatic rings. The lowest BCUT2D eigenvalue weighted by atomic mass is 10.0. The Morgan fingerprint density at radius 1 is 0.962 bits per heavy atom. The smallest absolute Gasteiger partial charge is 0.459 e. The van der Waals surface area contributed by atoms with E-state index in [1.165, 1.54) is 6.92 Å². The minimum atomic E-state index is -0.887. The van der Waals surface area contributed by atoms with Gasteiger partial charge in [-0.2, -0.15) is 5.26 Å². The van der Waals surface area contributed by atoms with Gasteiger partial charge in [0.1, 0.15) is 19.0 Å². The molecular formula is C20H17NO5. The molecule has 2 aromatic carbocycles. The fourth-order valence-corrected chi connectivity index (χ4v) is 1.96. The minimum absolute atomic E-state index is 0.0710. The van der Waals surface area contributed by atoms with E-state index in [0.29, 0.717) is 11.3 Å². The van der Waals surface area contributed by atoms with Gasteiger partial charge in [0.2, 0.25) is 0 Å². The summed E-state index contributed by atoms with van der Waals surface area (Å²) in [6, 6.07) is 16.1. The summed E-state index contributed by atoms with van der Waals surface area (Å²) in [5.74, 6) is -0.216. The summed E-state index contributed by atoms with van der Waals surface area (Å²) in [6.07, 6.45) is -0.887. The second-order valence-corrected chi connectivity index (χ2v) is 5.33. The van der Waals surface area contributed by atoms with E-state index in [4.69, 9.17) is 19.5 Å². The zero-order valence-corrected chi connectivity index (χ0v) is 14.2. The molecule has 0 aromatic heterocycles. The summed E-state index contributed by atoms with van der Waals surface area (Å²) in [5, 5.41) is 8.81. The summed E-state index contributed by atoms with van der Waals surface area (Å²) in [6.45, 7) is 4.79. The van der Waals surface area contributed by atoms with E-state index in [9.17, 15) is 9.59 Å². The Morgan fingerprint density at radius 2 is 1.50 bits per heavy atom. The number of hydrogen-bond acceptors (Lipinski definition) is 6. The summed E-state index contributed by atoms with van der Waals surface area (Å²) in [4.78, 5) is 22.7. The molecule has 0 spiro atoms. The minimum Gasteiger partial charge on any atom is -0.459 e. The first-order chi connectivity index (χ1) is 12.5. The molecule has 0 saturated carbocycles. The number of hydrogen-bond donors (Lipinski definition) is 0. The maximum Gasteiger partial charge on any atom is 0.513 e. The largest absolute Gasteiger partial charge is 0.513 e. The van der Waals surface area contributed by atoms with E-state index in [2.05, 4.69) is 12.6 Å². The number of benzene rings is 2. The van der Waals surface area contributed by atoms with Crippen LogP contribution in [0.1, 0.15) is 12.5 Å². The van der Waals surface area contributed by atoms with Crippen LogP contribution in [-0.2, 0) is 14.3 Å². The fourth-order valence-electron chi connectivity index (χ4n) is 1.96. The lowest BCUT2D eigenvalue weighted by Crippen LogP contribution is -2.16. The van der Waals surface area contributed by atoms with Crippen molar-refractivity contribution >= 4 is 12.1 Å². The third kappa shape index (κ3) is 5.49. The normalized spacial score (nSPS) is 9.69. The molecule has 0 bridgehead atoms. The monoisotopic (exact) mass is 351 g/mol. The van der Waals surface area contributed by atoms with Crippen LogP contribution in [0.15, 0.2) is 60.7 Å². The average Bonchev–Trinajstić information content (AvgIpc) is 2.65. The molecule has 0 aliphatic carbocycles. The van der Waals surface area contributed by atoms with Crippen molar-refractivity contribution in [1.82, 2.24) is 0 Å². The summed E-state index contributed by atoms with van der Waals surface area (Å²) >= 11 is 0. The van der Waals surface area contributed by atoms with Crippen molar-refractivity contribution in [3.05, 3.63) is 66.2 Å². The average molecular weight is 351 g/mol. The zero-order chi connectivity index (χ0) is 18.9. The molecule has 0 amide bonds. The number of carbonyl (C=O) groups is 2. The highest BCUT2D eigenvalue weighted by Gasteiger charge is 2.08. The maximum atomic E-state index is 11.6. The van der Waals surface area contributed by atoms with Crippen LogP contribution in [0, 0.1) is 11.3 Å². The van der Waals surface area contributed by atoms with Gasteiger partial charge < -0.3 is 14.2 Å². The fraction of sp³-hybridized carbons (Fsp3) is 0.150. The van der Waals surface area contributed by atoms with E-state index in [1.54, 1.807) is 36.4 Å². The van der Waals surface area contributed by atoms with Crippen LogP contribution in [0.3, 0.4) is 0 Å². The van der Waals surface area contributed by atoms with Gasteiger partial charge in [0.05, 0.1) is 11.6 Å². The van der Waals surface area contributed by atoms with Gasteiger partial charge in [0.15, 0.2) is 0 Å². The molecule has 0 N–H and O–H groups in total. The summed E-state index contributed by atoms with van der Waals surface area (Å²) < 4.78 is 14.6. The van der Waals surface area contributed by atoms with Crippen molar-refractivity contribution in [3.63, 3.8) is 0 Å². The molecule has 2 aromatic rings. The number of nitrogens with zero attached hydrogens (tertiary/aromatic N) is 1. The molecule has 0 radical (unpaired) electrons. The number of rotatable bonds is 6. The number of nitriles is 1. The Labute approximate surface area is 151 Å². The lowest BCUT2D eigenvalue weighted by Gasteiger charge is -2.08. The van der Waals surface area contributed by atoms with E-state index in [-0.39, 0.29) is 18.8 Å². The zero-order valence-electron chi connectivity index (χ0n) is 14.2. The molecule has 6 heteroatoms. The van der Waals surface area contributed by atoms with E-state index >= 15 is 0 Å². The van der Waals surface area contributed by atoms with Crippen molar-refractivity contribution < 1.29 is 23.8 Å². The molecule has 6 nitrogen and oxygen atoms in total. The van der Waals surface area contributed by atoms with E-state index in [0.717, 1.165) is 11.1 Å². The van der Waals surface area contributed by atoms with Crippen molar-refractivity contribution in [1.29, 1.82) is 5.26 Å². The second kappa shape index (κ2) is 9.04. The Bertz CT molecular complexity index is 832. The highest BCUT2D eigenvalue weighted by Crippen LogP contribution is 2.23. The maximum absolute atomic E-state index is 11.6. The molecule has 0 fully saturated rings. The van der Waals surface area contributed by atoms with Crippen molar-refractivity contribution in [2.24, 2.45) is 0 Å². The van der Waals surface area contributed by atoms with Crippen LogP contribution in [0.4, 0.5) is 4.79 Å². The summed E-state index contributed by atoms with van der Waals surface area (Å²) in [7, 11) is 0. The number of carbonyl (C=O) groups excluding carboxylic acids is 2. The van der Waals surface area contributed by atoms with Gasteiger partial charge in [-0.3, -0.25) is 0 Å². The predicted molar refractivity (Wildman–Crippen MR) is 94.3 cm³/mol. The Morgan fingerprint density at radius 3 is 2.04 bits per heavy atom. The van der Waals surface area contributed by atoms with Crippen LogP contribution in [-0.4, -0.2) is 25.3 Å². The standard InChI is InChI=1S/C20H17NO5/c1-14(2)19(22)24-11-12-25-20(23)26-18-9-7-17(8-10-18)16-5-3-15(13-21)4-6-16/h3-10H,1,11-12H2,2H3. The number of ether oxygens (including phenoxy) is 3. The quantitative estimate of drug-likeness (QED) is 0.340. The Kier molecular flexibility index (Phi) is 6.52. The van der Waals surface area contributed by atoms with Gasteiger partial charge in [-0.15, -0.1) is 0 Å². The Balaban J connectivity index is 1.82. The van der Waals surface area contributed by atoms with Crippen LogP contribution in [0.5, 0.6) is 5.75 Å². The first-order valence-electron chi connectivity index (χ1n) is 7.77. The van der Waals surface area contributed by atoms with Crippen LogP contribution in [0.2, 0.25) is 0 Å². The predicted octanol–water partition coefficient (Wildman–Crippen LogP) is 3.86. The van der Waals surface area contributed by atoms with Gasteiger partial charge in [-0.25, -0.2) is 9.59 Å². The second-order valence-electron chi connectivity index (χ2n) is 5.33. The van der Waals surface area contributed by atoms with Crippen LogP contribution in [0.25, 0.3) is 11.1 Å². The van der Waals surface area contributed by atoms with Crippen LogP contribution >= 0.6 is 0 Å². The highest BCUT2D eigenvalue weighted by atomic mass is 16.7. The first kappa shape index (κ1) is 18.7. The molecule has 0 aliphatic heterocycles. The van der Waals surface area contributed by atoms with Crippen molar-refractivity contribution in [2.45, 2.75) is 6.92 Å². The lowest BCUT2D eigenvalue weighted by molar-refractivity contribution is -0.140. The van der Waals surface area contributed by atoms with E-state index in [1.807, 2.05) is 12.1 Å². The Hall–Kier alpha value is -3.59. The number of esters is 1. The van der Waals surface area contributed by atoms with Gasteiger partial charge in [-0.1, -0.05) is 30.8 Å². The topological polar surface area (TPSA) is 85.6 Å². The highest BCUT2D eigenvalue weighted by molar-refractivity contribution is 5.86. The molecule has 132 valence electrons. The third-order valence-corrected chi connectivity index (χ3v) is 3.29. The molecule has 0 heterocycles. The first-order valence-corrected chi connectivity index (χ1v) is 7.77. The summed E-state index contributed by atoms with van der Waals surface area (Å²) in [5.41, 5.74) is 2.72. The van der Waals surface area contributed by atoms with E-state index < -0.39 is 12.1 Å². The molecule has 26 heavy (non-hydrogen) atoms. The van der Waals surface area contributed by atoms with Gasteiger partial charge in [-0.05, 0) is 42.3 Å². The SMILES string of the molecule is C=C(C)C(=O)OCCOC(=O)Oc1ccc(-c2ccc(C#N)cc2)cc1. The molecule has 2 rings (SSSR count). The van der Waals surface area contributed by atoms with Crippen molar-refractivity contribution in [3.8, 4) is 22.9 Å². The molecular weight excluding hydrogens is 334 g/mol. The molecule has 0 atom stereocenters. The molecule has 0 unspecified atom stereocenters. The molecule has 0 saturated heterocycles. The van der Waals surface area contributed by atoms with Crippen molar-refractivity contribution in [2.75, 3.05) is 13.2 Å². The van der Waals surface area contributed by atoms with Crippen LogP contribution < -0.4 is 4.74 Å². The van der Waals surface area contributed by atoms with Gasteiger partial charge in [0, 0.05) is 5.57 Å².